The lowest BCUT2D eigenvalue weighted by Crippen LogP contribution is -2.19. The smallest absolute Gasteiger partial charge is 0.341 e. The largest absolute Gasteiger partial charge is 0.494 e. The minimum atomic E-state index is -1.05. The van der Waals surface area contributed by atoms with E-state index in [1.165, 1.54) is 11.8 Å². The number of amides is 1. The first-order valence-electron chi connectivity index (χ1n) is 8.61. The maximum Gasteiger partial charge on any atom is 0.341 e. The maximum atomic E-state index is 12.2. The van der Waals surface area contributed by atoms with E-state index in [4.69, 9.17) is 14.6 Å². The van der Waals surface area contributed by atoms with Gasteiger partial charge in [0.15, 0.2) is 11.8 Å². The van der Waals surface area contributed by atoms with E-state index >= 15 is 0 Å². The first kappa shape index (κ1) is 20.9. The van der Waals surface area contributed by atoms with E-state index in [1.807, 2.05) is 31.2 Å². The van der Waals surface area contributed by atoms with Crippen molar-refractivity contribution in [3.8, 4) is 11.5 Å². The highest BCUT2D eigenvalue weighted by Gasteiger charge is 2.24. The minimum Gasteiger partial charge on any atom is -0.494 e. The molecule has 0 bridgehead atoms. The van der Waals surface area contributed by atoms with Gasteiger partial charge in [0, 0.05) is 0 Å². The fraction of sp³-hybridized carbons (Fsp3) is 0.150. The molecule has 1 aliphatic heterocycles. The normalized spacial score (nSPS) is 16.1. The third kappa shape index (κ3) is 5.85. The van der Waals surface area contributed by atoms with Crippen molar-refractivity contribution in [2.45, 2.75) is 6.92 Å². The summed E-state index contributed by atoms with van der Waals surface area (Å²) in [6.07, 6.45) is 1.73. The summed E-state index contributed by atoms with van der Waals surface area (Å²) in [6.45, 7) is 2.08. The van der Waals surface area contributed by atoms with Crippen molar-refractivity contribution >= 4 is 56.5 Å². The number of nitrogens with zero attached hydrogens (tertiary/aromatic N) is 1. The molecule has 150 valence electrons. The first-order valence-corrected chi connectivity index (χ1v) is 10.2. The van der Waals surface area contributed by atoms with Crippen LogP contribution in [-0.2, 0) is 9.59 Å². The molecule has 1 aliphatic rings. The molecule has 1 fully saturated rings. The van der Waals surface area contributed by atoms with E-state index in [-0.39, 0.29) is 5.91 Å². The van der Waals surface area contributed by atoms with Crippen LogP contribution in [0.1, 0.15) is 12.5 Å². The zero-order chi connectivity index (χ0) is 20.8. The Morgan fingerprint density at radius 3 is 2.66 bits per heavy atom. The number of amidine groups is 1. The molecule has 7 nitrogen and oxygen atoms in total. The Bertz CT molecular complexity index is 989. The van der Waals surface area contributed by atoms with Crippen molar-refractivity contribution < 1.29 is 24.2 Å². The number of halogens is 1. The molecule has 2 aromatic rings. The van der Waals surface area contributed by atoms with Gasteiger partial charge in [0.1, 0.15) is 11.5 Å². The van der Waals surface area contributed by atoms with Crippen LogP contribution < -0.4 is 14.8 Å². The number of ether oxygens (including phenoxy) is 2. The third-order valence-corrected chi connectivity index (χ3v) is 5.16. The Morgan fingerprint density at radius 1 is 1.24 bits per heavy atom. The molecule has 0 aromatic heterocycles. The number of carboxylic acids is 1. The molecule has 0 aliphatic carbocycles. The predicted octanol–water partition coefficient (Wildman–Crippen LogP) is 4.20. The average molecular weight is 477 g/mol. The van der Waals surface area contributed by atoms with Crippen LogP contribution in [0.4, 0.5) is 5.69 Å². The summed E-state index contributed by atoms with van der Waals surface area (Å²) in [5.74, 6) is -0.110. The van der Waals surface area contributed by atoms with E-state index in [0.717, 1.165) is 11.3 Å². The van der Waals surface area contributed by atoms with Gasteiger partial charge in [-0.05, 0) is 82.7 Å². The highest BCUT2D eigenvalue weighted by Crippen LogP contribution is 2.31. The summed E-state index contributed by atoms with van der Waals surface area (Å²) in [5.41, 5.74) is 1.47. The number of rotatable bonds is 7. The zero-order valence-electron chi connectivity index (χ0n) is 15.3. The number of aliphatic imine (C=N–C) groups is 1. The number of benzene rings is 2. The summed E-state index contributed by atoms with van der Waals surface area (Å²) in [5, 5.41) is 11.9. The Hall–Kier alpha value is -2.78. The summed E-state index contributed by atoms with van der Waals surface area (Å²) < 4.78 is 11.2. The molecule has 0 atom stereocenters. The number of carbonyl (C=O) groups is 2. The summed E-state index contributed by atoms with van der Waals surface area (Å²) in [6, 6.07) is 12.4. The Balaban J connectivity index is 1.71. The number of carboxylic acid groups (broad SMARTS) is 1. The first-order chi connectivity index (χ1) is 13.9. The number of nitrogens with one attached hydrogen (secondary N) is 1. The topological polar surface area (TPSA) is 97.2 Å². The number of hydrogen-bond donors (Lipinski definition) is 2. The van der Waals surface area contributed by atoms with Crippen LogP contribution in [0.15, 0.2) is 56.8 Å². The van der Waals surface area contributed by atoms with Gasteiger partial charge in [-0.25, -0.2) is 9.79 Å². The second kappa shape index (κ2) is 9.62. The van der Waals surface area contributed by atoms with Crippen molar-refractivity contribution in [1.29, 1.82) is 0 Å². The molecular formula is C20H17BrN2O5S. The number of thioether (sulfide) groups is 1. The van der Waals surface area contributed by atoms with Gasteiger partial charge in [-0.2, -0.15) is 0 Å². The standard InChI is InChI=1S/C20H17BrN2O5S/c1-2-27-14-6-4-13(5-7-14)22-20-23-19(26)17(29-20)10-12-3-8-16(15(21)9-12)28-11-18(24)25/h3-10H,2,11H2,1H3,(H,24,25)(H,22,23,26)/b17-10+. The van der Waals surface area contributed by atoms with E-state index < -0.39 is 12.6 Å². The lowest BCUT2D eigenvalue weighted by molar-refractivity contribution is -0.139. The van der Waals surface area contributed by atoms with Crippen LogP contribution in [0.2, 0.25) is 0 Å². The van der Waals surface area contributed by atoms with Crippen molar-refractivity contribution in [3.63, 3.8) is 0 Å². The van der Waals surface area contributed by atoms with Crippen molar-refractivity contribution in [2.24, 2.45) is 4.99 Å². The maximum absolute atomic E-state index is 12.2. The fourth-order valence-electron chi connectivity index (χ4n) is 2.40. The van der Waals surface area contributed by atoms with E-state index in [0.29, 0.717) is 32.6 Å². The number of aliphatic carboxylic acids is 1. The number of hydrogen-bond acceptors (Lipinski definition) is 6. The summed E-state index contributed by atoms with van der Waals surface area (Å²) >= 11 is 4.59. The molecule has 1 saturated heterocycles. The molecule has 0 unspecified atom stereocenters. The molecule has 0 radical (unpaired) electrons. The van der Waals surface area contributed by atoms with Gasteiger partial charge < -0.3 is 19.9 Å². The molecular weight excluding hydrogens is 460 g/mol. The number of carbonyl (C=O) groups excluding carboxylic acids is 1. The van der Waals surface area contributed by atoms with Crippen LogP contribution >= 0.6 is 27.7 Å². The lowest BCUT2D eigenvalue weighted by atomic mass is 10.2. The summed E-state index contributed by atoms with van der Waals surface area (Å²) in [7, 11) is 0. The van der Waals surface area contributed by atoms with Gasteiger partial charge in [-0.1, -0.05) is 6.07 Å². The minimum absolute atomic E-state index is 0.234. The van der Waals surface area contributed by atoms with E-state index in [1.54, 1.807) is 24.3 Å². The SMILES string of the molecule is CCOc1ccc(N=C2NC(=O)/C(=C\c3ccc(OCC(=O)O)c(Br)c3)S2)cc1. The molecule has 1 amide bonds. The van der Waals surface area contributed by atoms with Gasteiger partial charge >= 0.3 is 5.97 Å². The van der Waals surface area contributed by atoms with Crippen LogP contribution in [0.5, 0.6) is 11.5 Å². The van der Waals surface area contributed by atoms with E-state index in [9.17, 15) is 9.59 Å². The lowest BCUT2D eigenvalue weighted by Gasteiger charge is -2.06. The molecule has 29 heavy (non-hydrogen) atoms. The Kier molecular flexibility index (Phi) is 6.95. The zero-order valence-corrected chi connectivity index (χ0v) is 17.7. The van der Waals surface area contributed by atoms with Crippen LogP contribution in [-0.4, -0.2) is 35.4 Å². The van der Waals surface area contributed by atoms with Crippen molar-refractivity contribution in [3.05, 3.63) is 57.4 Å². The Labute approximate surface area is 179 Å². The van der Waals surface area contributed by atoms with Gasteiger partial charge in [0.2, 0.25) is 0 Å². The van der Waals surface area contributed by atoms with Gasteiger partial charge in [0.25, 0.3) is 5.91 Å². The van der Waals surface area contributed by atoms with Crippen LogP contribution in [0.3, 0.4) is 0 Å². The van der Waals surface area contributed by atoms with Gasteiger partial charge in [-0.3, -0.25) is 4.79 Å². The highest BCUT2D eigenvalue weighted by molar-refractivity contribution is 9.10. The van der Waals surface area contributed by atoms with Crippen LogP contribution in [0, 0.1) is 0 Å². The molecule has 2 aromatic carbocycles. The van der Waals surface area contributed by atoms with Crippen molar-refractivity contribution in [1.82, 2.24) is 5.32 Å². The van der Waals surface area contributed by atoms with Gasteiger partial charge in [0.05, 0.1) is 21.7 Å². The van der Waals surface area contributed by atoms with Crippen molar-refractivity contribution in [2.75, 3.05) is 13.2 Å². The predicted molar refractivity (Wildman–Crippen MR) is 116 cm³/mol. The third-order valence-electron chi connectivity index (χ3n) is 3.63. The highest BCUT2D eigenvalue weighted by atomic mass is 79.9. The average Bonchev–Trinajstić information content (AvgIpc) is 3.01. The monoisotopic (exact) mass is 476 g/mol. The quantitative estimate of drug-likeness (QED) is 0.581. The second-order valence-corrected chi connectivity index (χ2v) is 7.67. The van der Waals surface area contributed by atoms with Crippen LogP contribution in [0.25, 0.3) is 6.08 Å². The van der Waals surface area contributed by atoms with Gasteiger partial charge in [-0.15, -0.1) is 0 Å². The molecule has 3 rings (SSSR count). The molecule has 2 N–H and O–H groups in total. The second-order valence-electron chi connectivity index (χ2n) is 5.78. The van der Waals surface area contributed by atoms with E-state index in [2.05, 4.69) is 26.2 Å². The molecule has 0 spiro atoms. The molecule has 1 heterocycles. The summed E-state index contributed by atoms with van der Waals surface area (Å²) in [4.78, 5) is 27.8. The molecule has 0 saturated carbocycles. The Morgan fingerprint density at radius 2 is 2.00 bits per heavy atom. The molecule has 9 heteroatoms. The fourth-order valence-corrected chi connectivity index (χ4v) is 3.75.